The lowest BCUT2D eigenvalue weighted by Gasteiger charge is -2.10. The summed E-state index contributed by atoms with van der Waals surface area (Å²) in [5, 5.41) is 33.9. The number of alkyl halides is 3. The van der Waals surface area contributed by atoms with Gasteiger partial charge < -0.3 is 15.3 Å². The number of nitrogens with one attached hydrogen (secondary N) is 1. The second-order valence-electron chi connectivity index (χ2n) is 5.19. The van der Waals surface area contributed by atoms with Gasteiger partial charge in [-0.15, -0.1) is 0 Å². The SMILES string of the molecule is Oc1ccc(-c2c(-c3cc(F)c(O)cc3O)n[nH]c2C(F)(F)F)cc1. The van der Waals surface area contributed by atoms with Crippen molar-refractivity contribution in [3.8, 4) is 39.6 Å². The van der Waals surface area contributed by atoms with Crippen LogP contribution in [0.1, 0.15) is 5.69 Å². The Hall–Kier alpha value is -3.23. The van der Waals surface area contributed by atoms with Crippen LogP contribution in [0.25, 0.3) is 22.4 Å². The Balaban J connectivity index is 2.30. The number of nitrogens with zero attached hydrogens (tertiary/aromatic N) is 1. The monoisotopic (exact) mass is 354 g/mol. The molecule has 0 unspecified atom stereocenters. The smallest absolute Gasteiger partial charge is 0.433 e. The van der Waals surface area contributed by atoms with Crippen LogP contribution in [0.3, 0.4) is 0 Å². The second kappa shape index (κ2) is 5.69. The minimum absolute atomic E-state index is 0.0433. The number of phenolic OH excluding ortho intramolecular Hbond substituents is 3. The number of rotatable bonds is 2. The quantitative estimate of drug-likeness (QED) is 0.524. The van der Waals surface area contributed by atoms with Gasteiger partial charge in [0.05, 0.1) is 0 Å². The van der Waals surface area contributed by atoms with E-state index in [0.29, 0.717) is 12.1 Å². The fourth-order valence-corrected chi connectivity index (χ4v) is 2.39. The number of benzene rings is 2. The maximum Gasteiger partial charge on any atom is 0.433 e. The molecule has 0 amide bonds. The summed E-state index contributed by atoms with van der Waals surface area (Å²) in [6.07, 6.45) is -4.79. The van der Waals surface area contributed by atoms with Gasteiger partial charge >= 0.3 is 6.18 Å². The molecular weight excluding hydrogens is 344 g/mol. The van der Waals surface area contributed by atoms with E-state index in [1.807, 2.05) is 5.10 Å². The number of H-pyrrole nitrogens is 1. The number of halogens is 4. The molecule has 3 rings (SSSR count). The Bertz CT molecular complexity index is 934. The van der Waals surface area contributed by atoms with Gasteiger partial charge in [0.2, 0.25) is 0 Å². The maximum atomic E-state index is 13.6. The molecule has 0 saturated carbocycles. The van der Waals surface area contributed by atoms with Gasteiger partial charge in [0.25, 0.3) is 0 Å². The molecule has 0 saturated heterocycles. The zero-order chi connectivity index (χ0) is 18.4. The number of phenols is 3. The summed E-state index contributed by atoms with van der Waals surface area (Å²) in [5.41, 5.74) is -2.25. The van der Waals surface area contributed by atoms with Crippen LogP contribution >= 0.6 is 0 Å². The van der Waals surface area contributed by atoms with Gasteiger partial charge in [-0.25, -0.2) is 4.39 Å². The van der Waals surface area contributed by atoms with Crippen LogP contribution in [0.2, 0.25) is 0 Å². The van der Waals surface area contributed by atoms with Crippen LogP contribution in [0.15, 0.2) is 36.4 Å². The summed E-state index contributed by atoms with van der Waals surface area (Å²) >= 11 is 0. The zero-order valence-corrected chi connectivity index (χ0v) is 12.3. The van der Waals surface area contributed by atoms with Crippen molar-refractivity contribution in [3.63, 3.8) is 0 Å². The van der Waals surface area contributed by atoms with E-state index in [0.717, 1.165) is 0 Å². The Morgan fingerprint density at radius 3 is 2.16 bits per heavy atom. The molecule has 0 radical (unpaired) electrons. The van der Waals surface area contributed by atoms with Gasteiger partial charge in [0, 0.05) is 17.2 Å². The molecule has 0 aliphatic carbocycles. The van der Waals surface area contributed by atoms with Crippen molar-refractivity contribution in [2.24, 2.45) is 0 Å². The highest BCUT2D eigenvalue weighted by Crippen LogP contribution is 2.44. The molecule has 3 aromatic rings. The van der Waals surface area contributed by atoms with Gasteiger partial charge in [0.15, 0.2) is 11.6 Å². The molecule has 130 valence electrons. The van der Waals surface area contributed by atoms with Crippen LogP contribution in [0, 0.1) is 5.82 Å². The fraction of sp³-hybridized carbons (Fsp3) is 0.0625. The van der Waals surface area contributed by atoms with Crippen molar-refractivity contribution in [3.05, 3.63) is 47.9 Å². The normalized spacial score (nSPS) is 11.7. The van der Waals surface area contributed by atoms with E-state index in [-0.39, 0.29) is 22.6 Å². The lowest BCUT2D eigenvalue weighted by atomic mass is 9.98. The number of hydrogen-bond acceptors (Lipinski definition) is 4. The minimum atomic E-state index is -4.79. The number of hydrogen-bond donors (Lipinski definition) is 4. The van der Waals surface area contributed by atoms with Gasteiger partial charge in [-0.1, -0.05) is 12.1 Å². The van der Waals surface area contributed by atoms with E-state index >= 15 is 0 Å². The van der Waals surface area contributed by atoms with E-state index in [2.05, 4.69) is 5.10 Å². The molecule has 0 atom stereocenters. The van der Waals surface area contributed by atoms with Crippen molar-refractivity contribution in [2.45, 2.75) is 6.18 Å². The first-order valence-corrected chi connectivity index (χ1v) is 6.85. The first-order chi connectivity index (χ1) is 11.7. The average molecular weight is 354 g/mol. The van der Waals surface area contributed by atoms with Crippen molar-refractivity contribution in [1.82, 2.24) is 10.2 Å². The Labute approximate surface area is 137 Å². The Kier molecular flexibility index (Phi) is 3.78. The molecule has 0 aliphatic rings. The van der Waals surface area contributed by atoms with Crippen LogP contribution in [-0.4, -0.2) is 25.5 Å². The highest BCUT2D eigenvalue weighted by atomic mass is 19.4. The summed E-state index contributed by atoms with van der Waals surface area (Å²) in [4.78, 5) is 0. The average Bonchev–Trinajstić information content (AvgIpc) is 2.96. The zero-order valence-electron chi connectivity index (χ0n) is 12.3. The molecule has 5 nitrogen and oxygen atoms in total. The predicted molar refractivity (Wildman–Crippen MR) is 79.4 cm³/mol. The van der Waals surface area contributed by atoms with Crippen molar-refractivity contribution >= 4 is 0 Å². The third kappa shape index (κ3) is 2.95. The van der Waals surface area contributed by atoms with E-state index in [1.165, 1.54) is 24.3 Å². The molecule has 1 heterocycles. The van der Waals surface area contributed by atoms with Gasteiger partial charge in [-0.2, -0.15) is 18.3 Å². The number of aromatic hydroxyl groups is 3. The van der Waals surface area contributed by atoms with E-state index in [1.54, 1.807) is 0 Å². The van der Waals surface area contributed by atoms with Crippen molar-refractivity contribution in [2.75, 3.05) is 0 Å². The second-order valence-corrected chi connectivity index (χ2v) is 5.19. The highest BCUT2D eigenvalue weighted by Gasteiger charge is 2.38. The Morgan fingerprint density at radius 2 is 1.56 bits per heavy atom. The van der Waals surface area contributed by atoms with Crippen LogP contribution in [0.5, 0.6) is 17.2 Å². The molecule has 4 N–H and O–H groups in total. The van der Waals surface area contributed by atoms with Gasteiger partial charge in [-0.3, -0.25) is 5.10 Å². The molecular formula is C16H10F4N2O3. The topological polar surface area (TPSA) is 89.4 Å². The van der Waals surface area contributed by atoms with Gasteiger partial charge in [-0.05, 0) is 23.8 Å². The minimum Gasteiger partial charge on any atom is -0.508 e. The molecule has 2 aromatic carbocycles. The first-order valence-electron chi connectivity index (χ1n) is 6.85. The number of aromatic amines is 1. The summed E-state index contributed by atoms with van der Waals surface area (Å²) in [6, 6.07) is 6.19. The highest BCUT2D eigenvalue weighted by molar-refractivity contribution is 5.85. The molecule has 1 aromatic heterocycles. The maximum absolute atomic E-state index is 13.6. The molecule has 0 fully saturated rings. The lowest BCUT2D eigenvalue weighted by molar-refractivity contribution is -0.140. The number of aromatic nitrogens is 2. The van der Waals surface area contributed by atoms with E-state index < -0.39 is 34.7 Å². The Morgan fingerprint density at radius 1 is 0.920 bits per heavy atom. The fourth-order valence-electron chi connectivity index (χ4n) is 2.39. The van der Waals surface area contributed by atoms with Crippen LogP contribution < -0.4 is 0 Å². The summed E-state index contributed by atoms with van der Waals surface area (Å²) in [6.45, 7) is 0. The third-order valence-electron chi connectivity index (χ3n) is 3.53. The molecule has 9 heteroatoms. The van der Waals surface area contributed by atoms with E-state index in [9.17, 15) is 32.9 Å². The molecule has 0 bridgehead atoms. The lowest BCUT2D eigenvalue weighted by Crippen LogP contribution is -2.07. The molecule has 25 heavy (non-hydrogen) atoms. The summed E-state index contributed by atoms with van der Waals surface area (Å²) < 4.78 is 53.5. The van der Waals surface area contributed by atoms with E-state index in [4.69, 9.17) is 0 Å². The summed E-state index contributed by atoms with van der Waals surface area (Å²) in [7, 11) is 0. The predicted octanol–water partition coefficient (Wildman–Crippen LogP) is 4.02. The molecule has 0 aliphatic heterocycles. The van der Waals surface area contributed by atoms with Crippen molar-refractivity contribution in [1.29, 1.82) is 0 Å². The van der Waals surface area contributed by atoms with Gasteiger partial charge in [0.1, 0.15) is 22.9 Å². The van der Waals surface area contributed by atoms with Crippen LogP contribution in [-0.2, 0) is 6.18 Å². The molecule has 0 spiro atoms. The largest absolute Gasteiger partial charge is 0.508 e. The van der Waals surface area contributed by atoms with Crippen molar-refractivity contribution < 1.29 is 32.9 Å². The van der Waals surface area contributed by atoms with Crippen LogP contribution in [0.4, 0.5) is 17.6 Å². The standard InChI is InChI=1S/C16H10F4N2O3/c17-10-5-9(11(24)6-12(10)25)14-13(7-1-3-8(23)4-2-7)15(22-21-14)16(18,19)20/h1-6,23-25H,(H,21,22). The summed E-state index contributed by atoms with van der Waals surface area (Å²) in [5.74, 6) is -2.76. The first kappa shape index (κ1) is 16.6. The third-order valence-corrected chi connectivity index (χ3v) is 3.53.